The highest BCUT2D eigenvalue weighted by atomic mass is 127. The summed E-state index contributed by atoms with van der Waals surface area (Å²) in [5.41, 5.74) is 8.03. The average molecular weight is 419 g/mol. The molecule has 0 saturated carbocycles. The van der Waals surface area contributed by atoms with Crippen molar-refractivity contribution in [1.29, 1.82) is 0 Å². The Morgan fingerprint density at radius 3 is 2.59 bits per heavy atom. The highest BCUT2D eigenvalue weighted by Crippen LogP contribution is 2.24. The first kappa shape index (κ1) is 21.0. The number of ether oxygens (including phenoxy) is 1. The van der Waals surface area contributed by atoms with Gasteiger partial charge in [-0.2, -0.15) is 0 Å². The molecule has 0 aromatic heterocycles. The van der Waals surface area contributed by atoms with Gasteiger partial charge >= 0.3 is 0 Å². The quantitative estimate of drug-likeness (QED) is 0.401. The fourth-order valence-corrected chi connectivity index (χ4v) is 2.24. The lowest BCUT2D eigenvalue weighted by Crippen LogP contribution is -2.31. The summed E-state index contributed by atoms with van der Waals surface area (Å²) in [6.07, 6.45) is 1.23. The number of guanidine groups is 1. The van der Waals surface area contributed by atoms with E-state index in [1.807, 2.05) is 6.92 Å². The minimum absolute atomic E-state index is 0. The van der Waals surface area contributed by atoms with Crippen molar-refractivity contribution in [1.82, 2.24) is 5.32 Å². The first-order valence-electron chi connectivity index (χ1n) is 7.72. The Balaban J connectivity index is 0.00000441. The predicted molar refractivity (Wildman–Crippen MR) is 105 cm³/mol. The Morgan fingerprint density at radius 1 is 1.32 bits per heavy atom. The zero-order valence-electron chi connectivity index (χ0n) is 14.3. The molecule has 0 spiro atoms. The Morgan fingerprint density at radius 2 is 2.00 bits per heavy atom. The molecule has 0 heterocycles. The first-order chi connectivity index (χ1) is 9.92. The molecule has 0 radical (unpaired) electrons. The van der Waals surface area contributed by atoms with Gasteiger partial charge < -0.3 is 15.8 Å². The molecule has 0 saturated heterocycles. The predicted octanol–water partition coefficient (Wildman–Crippen LogP) is 3.85. The van der Waals surface area contributed by atoms with E-state index >= 15 is 0 Å². The third-order valence-electron chi connectivity index (χ3n) is 3.13. The van der Waals surface area contributed by atoms with Crippen LogP contribution in [-0.4, -0.2) is 18.6 Å². The fraction of sp³-hybridized carbons (Fsp3) is 0.588. The van der Waals surface area contributed by atoms with Crippen LogP contribution in [0.2, 0.25) is 0 Å². The fourth-order valence-electron chi connectivity index (χ4n) is 2.24. The highest BCUT2D eigenvalue weighted by Gasteiger charge is 2.10. The molecule has 0 aliphatic heterocycles. The van der Waals surface area contributed by atoms with E-state index in [1.165, 1.54) is 5.56 Å². The minimum atomic E-state index is 0. The van der Waals surface area contributed by atoms with E-state index in [-0.39, 0.29) is 30.1 Å². The SMILES string of the molecule is CCNC(N)=NCc1ccc(C)cc1OC(C)CC(C)C.I. The van der Waals surface area contributed by atoms with Crippen LogP contribution in [0, 0.1) is 12.8 Å². The second-order valence-corrected chi connectivity index (χ2v) is 5.90. The van der Waals surface area contributed by atoms with Gasteiger partial charge in [-0.1, -0.05) is 26.0 Å². The van der Waals surface area contributed by atoms with E-state index in [9.17, 15) is 0 Å². The van der Waals surface area contributed by atoms with Gasteiger partial charge in [0, 0.05) is 12.1 Å². The molecule has 4 nitrogen and oxygen atoms in total. The largest absolute Gasteiger partial charge is 0.490 e. The van der Waals surface area contributed by atoms with Crippen molar-refractivity contribution < 1.29 is 4.74 Å². The topological polar surface area (TPSA) is 59.6 Å². The summed E-state index contributed by atoms with van der Waals surface area (Å²) in [5.74, 6) is 2.01. The third-order valence-corrected chi connectivity index (χ3v) is 3.13. The number of nitrogens with zero attached hydrogens (tertiary/aromatic N) is 1. The summed E-state index contributed by atoms with van der Waals surface area (Å²) in [6, 6.07) is 6.22. The Labute approximate surface area is 151 Å². The number of nitrogens with two attached hydrogens (primary N) is 1. The van der Waals surface area contributed by atoms with Crippen LogP contribution in [0.5, 0.6) is 5.75 Å². The molecule has 126 valence electrons. The zero-order chi connectivity index (χ0) is 15.8. The Hall–Kier alpha value is -0.980. The number of aryl methyl sites for hydroxylation is 1. The van der Waals surface area contributed by atoms with Gasteiger partial charge in [-0.25, -0.2) is 4.99 Å². The molecule has 0 fully saturated rings. The maximum absolute atomic E-state index is 6.10. The smallest absolute Gasteiger partial charge is 0.188 e. The molecular formula is C17H30IN3O. The van der Waals surface area contributed by atoms with Gasteiger partial charge in [0.15, 0.2) is 5.96 Å². The minimum Gasteiger partial charge on any atom is -0.490 e. The van der Waals surface area contributed by atoms with Crippen molar-refractivity contribution >= 4 is 29.9 Å². The second-order valence-electron chi connectivity index (χ2n) is 5.90. The van der Waals surface area contributed by atoms with E-state index in [1.54, 1.807) is 0 Å². The van der Waals surface area contributed by atoms with Crippen molar-refractivity contribution in [3.05, 3.63) is 29.3 Å². The van der Waals surface area contributed by atoms with Gasteiger partial charge in [0.05, 0.1) is 12.6 Å². The number of hydrogen-bond acceptors (Lipinski definition) is 2. The molecule has 1 rings (SSSR count). The molecule has 3 N–H and O–H groups in total. The van der Waals surface area contributed by atoms with E-state index in [4.69, 9.17) is 10.5 Å². The van der Waals surface area contributed by atoms with Gasteiger partial charge in [0.1, 0.15) is 5.75 Å². The van der Waals surface area contributed by atoms with Crippen molar-refractivity contribution in [2.45, 2.75) is 53.7 Å². The number of aliphatic imine (C=N–C) groups is 1. The van der Waals surface area contributed by atoms with Gasteiger partial charge in [-0.3, -0.25) is 0 Å². The zero-order valence-corrected chi connectivity index (χ0v) is 16.7. The summed E-state index contributed by atoms with van der Waals surface area (Å²) >= 11 is 0. The number of nitrogens with one attached hydrogen (secondary N) is 1. The maximum atomic E-state index is 6.10. The van der Waals surface area contributed by atoms with E-state index in [2.05, 4.69) is 56.2 Å². The van der Waals surface area contributed by atoms with Crippen LogP contribution in [0.15, 0.2) is 23.2 Å². The Kier molecular flexibility index (Phi) is 10.2. The molecule has 1 aromatic rings. The number of rotatable bonds is 7. The van der Waals surface area contributed by atoms with Crippen molar-refractivity contribution in [3.8, 4) is 5.75 Å². The number of benzene rings is 1. The molecule has 5 heteroatoms. The Bertz CT molecular complexity index is 475. The van der Waals surface area contributed by atoms with Crippen LogP contribution in [0.25, 0.3) is 0 Å². The van der Waals surface area contributed by atoms with Crippen LogP contribution in [0.1, 0.15) is 45.2 Å². The van der Waals surface area contributed by atoms with Crippen molar-refractivity contribution in [3.63, 3.8) is 0 Å². The molecule has 0 aliphatic carbocycles. The number of hydrogen-bond donors (Lipinski definition) is 2. The van der Waals surface area contributed by atoms with E-state index in [0.717, 1.165) is 24.3 Å². The first-order valence-corrected chi connectivity index (χ1v) is 7.72. The molecule has 0 bridgehead atoms. The molecule has 22 heavy (non-hydrogen) atoms. The maximum Gasteiger partial charge on any atom is 0.188 e. The highest BCUT2D eigenvalue weighted by molar-refractivity contribution is 14.0. The standard InChI is InChI=1S/C17H29N3O.HI/c1-6-19-17(18)20-11-15-8-7-13(4)10-16(15)21-14(5)9-12(2)3;/h7-8,10,12,14H,6,9,11H2,1-5H3,(H3,18,19,20);1H. The lowest BCUT2D eigenvalue weighted by molar-refractivity contribution is 0.191. The summed E-state index contributed by atoms with van der Waals surface area (Å²) in [7, 11) is 0. The van der Waals surface area contributed by atoms with Gasteiger partial charge in [0.2, 0.25) is 0 Å². The summed E-state index contributed by atoms with van der Waals surface area (Å²) in [6.45, 7) is 11.9. The lowest BCUT2D eigenvalue weighted by Gasteiger charge is -2.19. The molecular weight excluding hydrogens is 389 g/mol. The van der Waals surface area contributed by atoms with Crippen LogP contribution in [-0.2, 0) is 6.54 Å². The molecule has 1 aromatic carbocycles. The summed E-state index contributed by atoms with van der Waals surface area (Å²) < 4.78 is 6.10. The van der Waals surface area contributed by atoms with E-state index < -0.39 is 0 Å². The summed E-state index contributed by atoms with van der Waals surface area (Å²) in [4.78, 5) is 4.35. The average Bonchev–Trinajstić information content (AvgIpc) is 2.37. The third kappa shape index (κ3) is 7.87. The second kappa shape index (κ2) is 10.7. The molecule has 1 unspecified atom stereocenters. The van der Waals surface area contributed by atoms with Gasteiger partial charge in [-0.05, 0) is 44.7 Å². The van der Waals surface area contributed by atoms with Gasteiger partial charge in [0.25, 0.3) is 0 Å². The summed E-state index contributed by atoms with van der Waals surface area (Å²) in [5, 5.41) is 3.00. The monoisotopic (exact) mass is 419 g/mol. The van der Waals surface area contributed by atoms with Crippen molar-refractivity contribution in [2.75, 3.05) is 6.54 Å². The molecule has 0 amide bonds. The number of halogens is 1. The van der Waals surface area contributed by atoms with Crippen LogP contribution >= 0.6 is 24.0 Å². The van der Waals surface area contributed by atoms with E-state index in [0.29, 0.717) is 18.4 Å². The molecule has 1 atom stereocenters. The van der Waals surface area contributed by atoms with Gasteiger partial charge in [-0.15, -0.1) is 24.0 Å². The van der Waals surface area contributed by atoms with Crippen LogP contribution in [0.4, 0.5) is 0 Å². The normalized spacial score (nSPS) is 12.7. The molecule has 0 aliphatic rings. The van der Waals surface area contributed by atoms with Crippen LogP contribution < -0.4 is 15.8 Å². The lowest BCUT2D eigenvalue weighted by atomic mass is 10.1. The van der Waals surface area contributed by atoms with Crippen LogP contribution in [0.3, 0.4) is 0 Å². The van der Waals surface area contributed by atoms with Crippen molar-refractivity contribution in [2.24, 2.45) is 16.6 Å².